The zero-order chi connectivity index (χ0) is 17.6. The Hall–Kier alpha value is -2.10. The van der Waals surface area contributed by atoms with Gasteiger partial charge in [-0.1, -0.05) is 63.3 Å². The molecule has 0 radical (unpaired) electrons. The van der Waals surface area contributed by atoms with E-state index < -0.39 is 12.0 Å². The first-order chi connectivity index (χ1) is 11.6. The molecule has 1 aromatic rings. The minimum atomic E-state index is -0.684. The molecule has 1 atom stereocenters. The standard InChI is InChI=1S/C20H29NO3/c1-3-4-5-6-7-8-9-13-16-19(22)21-17(2)20(23)24-18-14-11-10-12-15-18/h10-17H,3-9H2,1-2H3,(H,21,22)/t17-/m0/s1. The van der Waals surface area contributed by atoms with Crippen LogP contribution in [0, 0.1) is 0 Å². The van der Waals surface area contributed by atoms with E-state index in [0.29, 0.717) is 5.75 Å². The minimum absolute atomic E-state index is 0.265. The number of carbonyl (C=O) groups excluding carboxylic acids is 2. The molecule has 0 aliphatic carbocycles. The van der Waals surface area contributed by atoms with Gasteiger partial charge in [0.1, 0.15) is 11.8 Å². The van der Waals surface area contributed by atoms with Gasteiger partial charge in [0.25, 0.3) is 0 Å². The van der Waals surface area contributed by atoms with Gasteiger partial charge in [0.05, 0.1) is 0 Å². The number of rotatable bonds is 11. The molecule has 0 saturated heterocycles. The third kappa shape index (κ3) is 9.13. The van der Waals surface area contributed by atoms with Gasteiger partial charge in [-0.15, -0.1) is 0 Å². The van der Waals surface area contributed by atoms with Gasteiger partial charge in [-0.3, -0.25) is 4.79 Å². The maximum Gasteiger partial charge on any atom is 0.333 e. The van der Waals surface area contributed by atoms with Crippen molar-refractivity contribution in [1.82, 2.24) is 5.32 Å². The van der Waals surface area contributed by atoms with Crippen LogP contribution in [0.2, 0.25) is 0 Å². The van der Waals surface area contributed by atoms with Crippen LogP contribution in [-0.4, -0.2) is 17.9 Å². The highest BCUT2D eigenvalue weighted by Gasteiger charge is 2.16. The van der Waals surface area contributed by atoms with Crippen LogP contribution in [0.25, 0.3) is 0 Å². The number of unbranched alkanes of at least 4 members (excludes halogenated alkanes) is 6. The lowest BCUT2D eigenvalue weighted by atomic mass is 10.1. The smallest absolute Gasteiger partial charge is 0.333 e. The fraction of sp³-hybridized carbons (Fsp3) is 0.500. The van der Waals surface area contributed by atoms with E-state index in [4.69, 9.17) is 4.74 Å². The first-order valence-corrected chi connectivity index (χ1v) is 8.87. The monoisotopic (exact) mass is 331 g/mol. The van der Waals surface area contributed by atoms with E-state index in [1.54, 1.807) is 31.2 Å². The highest BCUT2D eigenvalue weighted by Crippen LogP contribution is 2.09. The molecule has 1 amide bonds. The van der Waals surface area contributed by atoms with Gasteiger partial charge in [-0.2, -0.15) is 0 Å². The van der Waals surface area contributed by atoms with Crippen LogP contribution in [-0.2, 0) is 9.59 Å². The molecule has 0 bridgehead atoms. The second kappa shape index (κ2) is 12.3. The zero-order valence-corrected chi connectivity index (χ0v) is 14.8. The maximum absolute atomic E-state index is 11.9. The molecular formula is C20H29NO3. The SMILES string of the molecule is CCCCCCCCC=CC(=O)N[C@@H](C)C(=O)Oc1ccccc1. The summed E-state index contributed by atoms with van der Waals surface area (Å²) in [6, 6.07) is 8.14. The van der Waals surface area contributed by atoms with Crippen molar-refractivity contribution in [3.05, 3.63) is 42.5 Å². The summed E-state index contributed by atoms with van der Waals surface area (Å²) in [6.45, 7) is 3.82. The highest BCUT2D eigenvalue weighted by molar-refractivity contribution is 5.91. The molecule has 0 fully saturated rings. The molecule has 4 nitrogen and oxygen atoms in total. The van der Waals surface area contributed by atoms with Gasteiger partial charge in [0.2, 0.25) is 5.91 Å². The summed E-state index contributed by atoms with van der Waals surface area (Å²) in [7, 11) is 0. The zero-order valence-electron chi connectivity index (χ0n) is 14.8. The predicted molar refractivity (Wildman–Crippen MR) is 96.8 cm³/mol. The lowest BCUT2D eigenvalue weighted by Gasteiger charge is -2.11. The molecule has 1 N–H and O–H groups in total. The van der Waals surface area contributed by atoms with Gasteiger partial charge >= 0.3 is 5.97 Å². The summed E-state index contributed by atoms with van der Waals surface area (Å²) in [6.07, 6.45) is 11.7. The van der Waals surface area contributed by atoms with Gasteiger partial charge in [-0.05, 0) is 38.0 Å². The lowest BCUT2D eigenvalue weighted by Crippen LogP contribution is -2.40. The number of carbonyl (C=O) groups is 2. The number of allylic oxidation sites excluding steroid dienone is 1. The number of ether oxygens (including phenoxy) is 1. The van der Waals surface area contributed by atoms with Crippen molar-refractivity contribution in [3.63, 3.8) is 0 Å². The highest BCUT2D eigenvalue weighted by atomic mass is 16.5. The number of nitrogens with one attached hydrogen (secondary N) is 1. The summed E-state index contributed by atoms with van der Waals surface area (Å²) < 4.78 is 5.19. The van der Waals surface area contributed by atoms with E-state index in [2.05, 4.69) is 12.2 Å². The molecule has 4 heteroatoms. The van der Waals surface area contributed by atoms with Crippen LogP contribution in [0.4, 0.5) is 0 Å². The minimum Gasteiger partial charge on any atom is -0.425 e. The Morgan fingerprint density at radius 3 is 2.46 bits per heavy atom. The van der Waals surface area contributed by atoms with E-state index in [0.717, 1.165) is 12.8 Å². The summed E-state index contributed by atoms with van der Waals surface area (Å²) >= 11 is 0. The van der Waals surface area contributed by atoms with Crippen molar-refractivity contribution >= 4 is 11.9 Å². The molecule has 0 unspecified atom stereocenters. The first-order valence-electron chi connectivity index (χ1n) is 8.87. The number of benzene rings is 1. The van der Waals surface area contributed by atoms with E-state index in [1.807, 2.05) is 12.1 Å². The van der Waals surface area contributed by atoms with Crippen LogP contribution in [0.5, 0.6) is 5.75 Å². The van der Waals surface area contributed by atoms with Crippen LogP contribution >= 0.6 is 0 Å². The first kappa shape index (κ1) is 19.9. The van der Waals surface area contributed by atoms with Crippen LogP contribution < -0.4 is 10.1 Å². The fourth-order valence-electron chi connectivity index (χ4n) is 2.25. The third-order valence-electron chi connectivity index (χ3n) is 3.67. The second-order valence-electron chi connectivity index (χ2n) is 5.92. The van der Waals surface area contributed by atoms with Crippen molar-refractivity contribution in [3.8, 4) is 5.75 Å². The summed E-state index contributed by atoms with van der Waals surface area (Å²) in [4.78, 5) is 23.7. The van der Waals surface area contributed by atoms with Crippen LogP contribution in [0.1, 0.15) is 58.8 Å². The van der Waals surface area contributed by atoms with Crippen molar-refractivity contribution in [2.75, 3.05) is 0 Å². The summed E-state index contributed by atoms with van der Waals surface area (Å²) in [5, 5.41) is 2.62. The van der Waals surface area contributed by atoms with E-state index in [9.17, 15) is 9.59 Å². The Labute approximate surface area is 145 Å². The Bertz CT molecular complexity index is 511. The van der Waals surface area contributed by atoms with Gasteiger partial charge in [0.15, 0.2) is 0 Å². The summed E-state index contributed by atoms with van der Waals surface area (Å²) in [5.74, 6) is -0.264. The molecule has 132 valence electrons. The van der Waals surface area contributed by atoms with Crippen molar-refractivity contribution < 1.29 is 14.3 Å². The van der Waals surface area contributed by atoms with E-state index in [1.165, 1.54) is 38.2 Å². The average molecular weight is 331 g/mol. The van der Waals surface area contributed by atoms with Crippen molar-refractivity contribution in [1.29, 1.82) is 0 Å². The average Bonchev–Trinajstić information content (AvgIpc) is 2.58. The molecule has 0 aromatic heterocycles. The molecule has 1 rings (SSSR count). The normalized spacial score (nSPS) is 12.1. The lowest BCUT2D eigenvalue weighted by molar-refractivity contribution is -0.138. The predicted octanol–water partition coefficient (Wildman–Crippen LogP) is 4.40. The molecule has 24 heavy (non-hydrogen) atoms. The Kier molecular flexibility index (Phi) is 10.3. The van der Waals surface area contributed by atoms with Crippen LogP contribution in [0.15, 0.2) is 42.5 Å². The van der Waals surface area contributed by atoms with Crippen LogP contribution in [0.3, 0.4) is 0 Å². The number of hydrogen-bond acceptors (Lipinski definition) is 3. The molecule has 1 aromatic carbocycles. The molecule has 0 spiro atoms. The van der Waals surface area contributed by atoms with Crippen molar-refractivity contribution in [2.45, 2.75) is 64.8 Å². The second-order valence-corrected chi connectivity index (χ2v) is 5.92. The Morgan fingerprint density at radius 1 is 1.08 bits per heavy atom. The molecular weight excluding hydrogens is 302 g/mol. The summed E-state index contributed by atoms with van der Waals surface area (Å²) in [5.41, 5.74) is 0. The largest absolute Gasteiger partial charge is 0.425 e. The Morgan fingerprint density at radius 2 is 1.75 bits per heavy atom. The maximum atomic E-state index is 11.9. The quantitative estimate of drug-likeness (QED) is 0.283. The van der Waals surface area contributed by atoms with Crippen molar-refractivity contribution in [2.24, 2.45) is 0 Å². The number of amides is 1. The molecule has 0 saturated carbocycles. The molecule has 0 aliphatic rings. The molecule has 0 aliphatic heterocycles. The van der Waals surface area contributed by atoms with Gasteiger partial charge < -0.3 is 10.1 Å². The van der Waals surface area contributed by atoms with Gasteiger partial charge in [-0.25, -0.2) is 4.79 Å². The van der Waals surface area contributed by atoms with E-state index in [-0.39, 0.29) is 5.91 Å². The Balaban J connectivity index is 2.19. The topological polar surface area (TPSA) is 55.4 Å². The van der Waals surface area contributed by atoms with Gasteiger partial charge in [0, 0.05) is 0 Å². The third-order valence-corrected chi connectivity index (χ3v) is 3.67. The number of hydrogen-bond donors (Lipinski definition) is 1. The fourth-order valence-corrected chi connectivity index (χ4v) is 2.25. The van der Waals surface area contributed by atoms with E-state index >= 15 is 0 Å². The number of para-hydroxylation sites is 1. The molecule has 0 heterocycles. The number of esters is 1.